The number of ether oxygens (including phenoxy) is 1. The molecule has 5 nitrogen and oxygen atoms in total. The van der Waals surface area contributed by atoms with E-state index in [9.17, 15) is 9.59 Å². The van der Waals surface area contributed by atoms with Gasteiger partial charge in [-0.1, -0.05) is 41.4 Å². The summed E-state index contributed by atoms with van der Waals surface area (Å²) >= 11 is 12.2. The summed E-state index contributed by atoms with van der Waals surface area (Å²) in [5.41, 5.74) is 1.15. The summed E-state index contributed by atoms with van der Waals surface area (Å²) in [5, 5.41) is 3.87. The van der Waals surface area contributed by atoms with E-state index < -0.39 is 11.6 Å². The van der Waals surface area contributed by atoms with E-state index in [1.54, 1.807) is 37.1 Å². The van der Waals surface area contributed by atoms with Gasteiger partial charge in [-0.2, -0.15) is 0 Å². The van der Waals surface area contributed by atoms with Crippen LogP contribution in [0.5, 0.6) is 5.75 Å². The quantitative estimate of drug-likeness (QED) is 0.653. The first kappa shape index (κ1) is 24.0. The lowest BCUT2D eigenvalue weighted by Crippen LogP contribution is -2.52. The van der Waals surface area contributed by atoms with E-state index in [-0.39, 0.29) is 24.8 Å². The van der Waals surface area contributed by atoms with Crippen LogP contribution in [0.2, 0.25) is 10.0 Å². The minimum Gasteiger partial charge on any atom is -0.497 e. The van der Waals surface area contributed by atoms with Crippen molar-refractivity contribution in [2.45, 2.75) is 52.2 Å². The Morgan fingerprint density at radius 3 is 2.27 bits per heavy atom. The first-order valence-electron chi connectivity index (χ1n) is 9.68. The Balaban J connectivity index is 2.28. The Hall–Kier alpha value is -2.24. The van der Waals surface area contributed by atoms with Crippen LogP contribution in [0.4, 0.5) is 0 Å². The van der Waals surface area contributed by atoms with E-state index in [1.807, 2.05) is 45.0 Å². The smallest absolute Gasteiger partial charge is 0.242 e. The highest BCUT2D eigenvalue weighted by Gasteiger charge is 2.28. The highest BCUT2D eigenvalue weighted by atomic mass is 35.5. The van der Waals surface area contributed by atoms with Crippen molar-refractivity contribution in [1.82, 2.24) is 10.2 Å². The largest absolute Gasteiger partial charge is 0.497 e. The summed E-state index contributed by atoms with van der Waals surface area (Å²) in [5.74, 6) is 0.307. The SMILES string of the molecule is COc1ccc(CN(C(=O)Cc2ccc(Cl)cc2Cl)[C@H](C)C(=O)NC(C)(C)C)cc1. The molecular formula is C23H28Cl2N2O3. The van der Waals surface area contributed by atoms with Crippen LogP contribution in [0.25, 0.3) is 0 Å². The maximum atomic E-state index is 13.2. The molecule has 0 unspecified atom stereocenters. The number of rotatable bonds is 7. The molecule has 1 atom stereocenters. The third-order valence-corrected chi connectivity index (χ3v) is 5.12. The molecule has 0 heterocycles. The lowest BCUT2D eigenvalue weighted by molar-refractivity contribution is -0.140. The molecule has 2 aromatic rings. The van der Waals surface area contributed by atoms with Gasteiger partial charge in [0.1, 0.15) is 11.8 Å². The second-order valence-corrected chi connectivity index (χ2v) is 9.04. The van der Waals surface area contributed by atoms with E-state index in [1.165, 1.54) is 0 Å². The van der Waals surface area contributed by atoms with Gasteiger partial charge in [0.25, 0.3) is 0 Å². The summed E-state index contributed by atoms with van der Waals surface area (Å²) in [7, 11) is 1.60. The van der Waals surface area contributed by atoms with Crippen LogP contribution in [0.15, 0.2) is 42.5 Å². The second kappa shape index (κ2) is 10.2. The Labute approximate surface area is 188 Å². The molecule has 30 heavy (non-hydrogen) atoms. The molecule has 0 aliphatic carbocycles. The third kappa shape index (κ3) is 6.92. The standard InChI is InChI=1S/C23H28Cl2N2O3/c1-15(22(29)26-23(2,3)4)27(14-16-6-10-19(30-5)11-7-16)21(28)12-17-8-9-18(24)13-20(17)25/h6-11,13,15H,12,14H2,1-5H3,(H,26,29)/t15-/m1/s1. The van der Waals surface area contributed by atoms with Crippen LogP contribution in [0.3, 0.4) is 0 Å². The minimum atomic E-state index is -0.662. The molecule has 2 aromatic carbocycles. The number of carbonyl (C=O) groups is 2. The van der Waals surface area contributed by atoms with E-state index >= 15 is 0 Å². The van der Waals surface area contributed by atoms with Crippen LogP contribution < -0.4 is 10.1 Å². The minimum absolute atomic E-state index is 0.0687. The zero-order valence-electron chi connectivity index (χ0n) is 18.0. The fourth-order valence-corrected chi connectivity index (χ4v) is 3.39. The fraction of sp³-hybridized carbons (Fsp3) is 0.391. The third-order valence-electron chi connectivity index (χ3n) is 4.53. The number of carbonyl (C=O) groups excluding carboxylic acids is 2. The van der Waals surface area contributed by atoms with Crippen LogP contribution in [0.1, 0.15) is 38.8 Å². The average molecular weight is 451 g/mol. The van der Waals surface area contributed by atoms with Crippen molar-refractivity contribution in [3.05, 3.63) is 63.6 Å². The van der Waals surface area contributed by atoms with Gasteiger partial charge in [-0.05, 0) is 63.1 Å². The van der Waals surface area contributed by atoms with Gasteiger partial charge in [-0.3, -0.25) is 9.59 Å². The molecule has 0 saturated carbocycles. The van der Waals surface area contributed by atoms with Crippen LogP contribution in [-0.2, 0) is 22.6 Å². The van der Waals surface area contributed by atoms with Crippen LogP contribution >= 0.6 is 23.2 Å². The van der Waals surface area contributed by atoms with Gasteiger partial charge >= 0.3 is 0 Å². The van der Waals surface area contributed by atoms with Crippen molar-refractivity contribution in [1.29, 1.82) is 0 Å². The molecule has 0 spiro atoms. The molecular weight excluding hydrogens is 423 g/mol. The summed E-state index contributed by atoms with van der Waals surface area (Å²) in [4.78, 5) is 27.6. The average Bonchev–Trinajstić information content (AvgIpc) is 2.66. The normalized spacial score (nSPS) is 12.2. The zero-order valence-corrected chi connectivity index (χ0v) is 19.5. The van der Waals surface area contributed by atoms with Gasteiger partial charge in [0, 0.05) is 22.1 Å². The topological polar surface area (TPSA) is 58.6 Å². The molecule has 0 aliphatic rings. The number of hydrogen-bond acceptors (Lipinski definition) is 3. The van der Waals surface area contributed by atoms with Crippen molar-refractivity contribution in [2.24, 2.45) is 0 Å². The van der Waals surface area contributed by atoms with Gasteiger partial charge in [0.15, 0.2) is 0 Å². The Kier molecular flexibility index (Phi) is 8.16. The Morgan fingerprint density at radius 1 is 1.10 bits per heavy atom. The second-order valence-electron chi connectivity index (χ2n) is 8.20. The van der Waals surface area contributed by atoms with Gasteiger partial charge in [0.05, 0.1) is 13.5 Å². The molecule has 2 amide bonds. The molecule has 0 aromatic heterocycles. The molecule has 2 rings (SSSR count). The fourth-order valence-electron chi connectivity index (χ4n) is 2.91. The van der Waals surface area contributed by atoms with Gasteiger partial charge in [0.2, 0.25) is 11.8 Å². The molecule has 0 saturated heterocycles. The van der Waals surface area contributed by atoms with E-state index in [0.717, 1.165) is 11.3 Å². The van der Waals surface area contributed by atoms with E-state index in [2.05, 4.69) is 5.32 Å². The van der Waals surface area contributed by atoms with E-state index in [0.29, 0.717) is 15.6 Å². The number of halogens is 2. The van der Waals surface area contributed by atoms with Gasteiger partial charge in [-0.25, -0.2) is 0 Å². The van der Waals surface area contributed by atoms with Crippen molar-refractivity contribution in [2.75, 3.05) is 7.11 Å². The van der Waals surface area contributed by atoms with E-state index in [4.69, 9.17) is 27.9 Å². The number of benzene rings is 2. The summed E-state index contributed by atoms with van der Waals surface area (Å²) in [6.45, 7) is 7.72. The number of nitrogens with zero attached hydrogens (tertiary/aromatic N) is 1. The van der Waals surface area contributed by atoms with Gasteiger partial charge in [-0.15, -0.1) is 0 Å². The predicted octanol–water partition coefficient (Wildman–Crippen LogP) is 4.88. The van der Waals surface area contributed by atoms with Crippen molar-refractivity contribution < 1.29 is 14.3 Å². The molecule has 0 bridgehead atoms. The van der Waals surface area contributed by atoms with Crippen molar-refractivity contribution >= 4 is 35.0 Å². The lowest BCUT2D eigenvalue weighted by atomic mass is 10.1. The predicted molar refractivity (Wildman–Crippen MR) is 121 cm³/mol. The molecule has 0 aliphatic heterocycles. The Bertz CT molecular complexity index is 892. The first-order valence-corrected chi connectivity index (χ1v) is 10.4. The maximum Gasteiger partial charge on any atom is 0.242 e. The molecule has 0 fully saturated rings. The molecule has 7 heteroatoms. The summed E-state index contributed by atoms with van der Waals surface area (Å²) in [6.07, 6.45) is 0.0687. The zero-order chi connectivity index (χ0) is 22.5. The van der Waals surface area contributed by atoms with Crippen LogP contribution in [-0.4, -0.2) is 35.4 Å². The number of methoxy groups -OCH3 is 1. The summed E-state index contributed by atoms with van der Waals surface area (Å²) < 4.78 is 5.19. The first-order chi connectivity index (χ1) is 14.0. The molecule has 1 N–H and O–H groups in total. The maximum absolute atomic E-state index is 13.2. The van der Waals surface area contributed by atoms with Crippen LogP contribution in [0, 0.1) is 0 Å². The lowest BCUT2D eigenvalue weighted by Gasteiger charge is -2.31. The van der Waals surface area contributed by atoms with Crippen molar-refractivity contribution in [3.63, 3.8) is 0 Å². The number of hydrogen-bond donors (Lipinski definition) is 1. The Morgan fingerprint density at radius 2 is 1.73 bits per heavy atom. The van der Waals surface area contributed by atoms with Gasteiger partial charge < -0.3 is 15.0 Å². The highest BCUT2D eigenvalue weighted by Crippen LogP contribution is 2.23. The molecule has 0 radical (unpaired) electrons. The number of nitrogens with one attached hydrogen (secondary N) is 1. The number of amides is 2. The van der Waals surface area contributed by atoms with Crippen molar-refractivity contribution in [3.8, 4) is 5.75 Å². The monoisotopic (exact) mass is 450 g/mol. The highest BCUT2D eigenvalue weighted by molar-refractivity contribution is 6.35. The molecule has 162 valence electrons. The summed E-state index contributed by atoms with van der Waals surface area (Å²) in [6, 6.07) is 11.8.